The minimum absolute atomic E-state index is 0.0654. The first-order valence-electron chi connectivity index (χ1n) is 5.67. The number of benzene rings is 1. The van der Waals surface area contributed by atoms with E-state index in [1.807, 2.05) is 4.90 Å². The van der Waals surface area contributed by atoms with Crippen molar-refractivity contribution in [2.24, 2.45) is 0 Å². The molecule has 0 fully saturated rings. The van der Waals surface area contributed by atoms with E-state index in [2.05, 4.69) is 5.32 Å². The molecule has 4 nitrogen and oxygen atoms in total. The maximum Gasteiger partial charge on any atom is 0.305 e. The maximum absolute atomic E-state index is 13.2. The Morgan fingerprint density at radius 3 is 3.12 bits per heavy atom. The SMILES string of the molecule is O=C(O)CCN1CCCNc2ccc(F)cc21. The number of nitrogens with zero attached hydrogens (tertiary/aromatic N) is 1. The molecular formula is C12H15FN2O2. The number of rotatable bonds is 3. The van der Waals surface area contributed by atoms with Crippen LogP contribution in [0.25, 0.3) is 0 Å². The predicted octanol–water partition coefficient (Wildman–Crippen LogP) is 1.92. The van der Waals surface area contributed by atoms with Crippen LogP contribution in [0, 0.1) is 5.82 Å². The summed E-state index contributed by atoms with van der Waals surface area (Å²) in [5.74, 6) is -1.13. The number of carboxylic acid groups (broad SMARTS) is 1. The Balaban J connectivity index is 2.22. The summed E-state index contributed by atoms with van der Waals surface area (Å²) in [5, 5.41) is 11.9. The molecule has 0 saturated carbocycles. The zero-order chi connectivity index (χ0) is 12.3. The molecule has 0 aliphatic carbocycles. The quantitative estimate of drug-likeness (QED) is 0.844. The lowest BCUT2D eigenvalue weighted by Crippen LogP contribution is -2.26. The van der Waals surface area contributed by atoms with Gasteiger partial charge in [0.25, 0.3) is 0 Å². The smallest absolute Gasteiger partial charge is 0.305 e. The van der Waals surface area contributed by atoms with Gasteiger partial charge in [0.1, 0.15) is 5.82 Å². The number of hydrogen-bond acceptors (Lipinski definition) is 3. The third kappa shape index (κ3) is 2.87. The molecule has 0 radical (unpaired) electrons. The van der Waals surface area contributed by atoms with Crippen molar-refractivity contribution in [1.82, 2.24) is 0 Å². The fourth-order valence-corrected chi connectivity index (χ4v) is 1.99. The second-order valence-corrected chi connectivity index (χ2v) is 4.07. The maximum atomic E-state index is 13.2. The third-order valence-electron chi connectivity index (χ3n) is 2.82. The summed E-state index contributed by atoms with van der Waals surface area (Å²) in [6.45, 7) is 1.98. The van der Waals surface area contributed by atoms with Gasteiger partial charge in [0.15, 0.2) is 0 Å². The van der Waals surface area contributed by atoms with Gasteiger partial charge < -0.3 is 15.3 Å². The standard InChI is InChI=1S/C12H15FN2O2/c13-9-2-3-10-11(8-9)15(6-1-5-14-10)7-4-12(16)17/h2-3,8,14H,1,4-7H2,(H,16,17). The predicted molar refractivity (Wildman–Crippen MR) is 64.0 cm³/mol. The Labute approximate surface area is 99.0 Å². The highest BCUT2D eigenvalue weighted by atomic mass is 19.1. The van der Waals surface area contributed by atoms with E-state index in [4.69, 9.17) is 5.11 Å². The highest BCUT2D eigenvalue weighted by Crippen LogP contribution is 2.29. The molecular weight excluding hydrogens is 223 g/mol. The highest BCUT2D eigenvalue weighted by Gasteiger charge is 2.16. The molecule has 2 N–H and O–H groups in total. The largest absolute Gasteiger partial charge is 0.481 e. The summed E-state index contributed by atoms with van der Waals surface area (Å²) in [5.41, 5.74) is 1.62. The minimum Gasteiger partial charge on any atom is -0.481 e. The molecule has 1 aliphatic rings. The van der Waals surface area contributed by atoms with Gasteiger partial charge in [-0.15, -0.1) is 0 Å². The molecule has 0 spiro atoms. The minimum atomic E-state index is -0.833. The molecule has 1 aliphatic heterocycles. The third-order valence-corrected chi connectivity index (χ3v) is 2.82. The first-order chi connectivity index (χ1) is 8.16. The molecule has 0 unspecified atom stereocenters. The van der Waals surface area contributed by atoms with E-state index in [0.717, 1.165) is 30.9 Å². The Hall–Kier alpha value is -1.78. The van der Waals surface area contributed by atoms with Crippen LogP contribution in [0.1, 0.15) is 12.8 Å². The van der Waals surface area contributed by atoms with Crippen LogP contribution in [0.3, 0.4) is 0 Å². The molecule has 5 heteroatoms. The monoisotopic (exact) mass is 238 g/mol. The first-order valence-corrected chi connectivity index (χ1v) is 5.67. The zero-order valence-corrected chi connectivity index (χ0v) is 9.45. The van der Waals surface area contributed by atoms with Crippen molar-refractivity contribution in [3.05, 3.63) is 24.0 Å². The van der Waals surface area contributed by atoms with Crippen LogP contribution in [0.15, 0.2) is 18.2 Å². The van der Waals surface area contributed by atoms with Gasteiger partial charge in [0.05, 0.1) is 17.8 Å². The lowest BCUT2D eigenvalue weighted by molar-refractivity contribution is -0.136. The van der Waals surface area contributed by atoms with E-state index >= 15 is 0 Å². The lowest BCUT2D eigenvalue weighted by atomic mass is 10.2. The molecule has 0 amide bonds. The van der Waals surface area contributed by atoms with Gasteiger partial charge in [-0.2, -0.15) is 0 Å². The number of aliphatic carboxylic acids is 1. The van der Waals surface area contributed by atoms with Crippen molar-refractivity contribution >= 4 is 17.3 Å². The van der Waals surface area contributed by atoms with E-state index in [1.165, 1.54) is 12.1 Å². The van der Waals surface area contributed by atoms with Gasteiger partial charge in [-0.05, 0) is 24.6 Å². The fraction of sp³-hybridized carbons (Fsp3) is 0.417. The first kappa shape index (κ1) is 11.7. The topological polar surface area (TPSA) is 52.6 Å². The van der Waals surface area contributed by atoms with Gasteiger partial charge >= 0.3 is 5.97 Å². The molecule has 1 heterocycles. The average molecular weight is 238 g/mol. The molecule has 92 valence electrons. The van der Waals surface area contributed by atoms with Crippen LogP contribution in [-0.2, 0) is 4.79 Å². The summed E-state index contributed by atoms with van der Waals surface area (Å²) in [7, 11) is 0. The number of hydrogen-bond donors (Lipinski definition) is 2. The number of nitrogens with one attached hydrogen (secondary N) is 1. The summed E-state index contributed by atoms with van der Waals surface area (Å²) < 4.78 is 13.2. The Morgan fingerprint density at radius 2 is 2.35 bits per heavy atom. The second-order valence-electron chi connectivity index (χ2n) is 4.07. The normalized spacial score (nSPS) is 14.8. The lowest BCUT2D eigenvalue weighted by Gasteiger charge is -2.23. The number of anilines is 2. The zero-order valence-electron chi connectivity index (χ0n) is 9.45. The molecule has 0 atom stereocenters. The van der Waals surface area contributed by atoms with Gasteiger partial charge in [0.2, 0.25) is 0 Å². The fourth-order valence-electron chi connectivity index (χ4n) is 1.99. The summed E-state index contributed by atoms with van der Waals surface area (Å²) in [6, 6.07) is 4.56. The van der Waals surface area contributed by atoms with Crippen LogP contribution >= 0.6 is 0 Å². The molecule has 2 rings (SSSR count). The molecule has 17 heavy (non-hydrogen) atoms. The number of carboxylic acids is 1. The summed E-state index contributed by atoms with van der Waals surface area (Å²) in [4.78, 5) is 12.5. The molecule has 1 aromatic carbocycles. The van der Waals surface area contributed by atoms with Crippen LogP contribution in [0.2, 0.25) is 0 Å². The van der Waals surface area contributed by atoms with Crippen molar-refractivity contribution in [2.75, 3.05) is 29.9 Å². The van der Waals surface area contributed by atoms with Crippen LogP contribution in [0.4, 0.5) is 15.8 Å². The van der Waals surface area contributed by atoms with Gasteiger partial charge in [-0.1, -0.05) is 0 Å². The van der Waals surface area contributed by atoms with E-state index in [0.29, 0.717) is 6.54 Å². The van der Waals surface area contributed by atoms with Gasteiger partial charge in [0, 0.05) is 19.6 Å². The highest BCUT2D eigenvalue weighted by molar-refractivity contribution is 5.72. The van der Waals surface area contributed by atoms with Crippen molar-refractivity contribution in [3.63, 3.8) is 0 Å². The van der Waals surface area contributed by atoms with E-state index in [-0.39, 0.29) is 12.2 Å². The van der Waals surface area contributed by atoms with Crippen LogP contribution in [0.5, 0.6) is 0 Å². The van der Waals surface area contributed by atoms with Crippen LogP contribution < -0.4 is 10.2 Å². The Bertz CT molecular complexity index is 423. The summed E-state index contributed by atoms with van der Waals surface area (Å²) >= 11 is 0. The van der Waals surface area contributed by atoms with E-state index in [9.17, 15) is 9.18 Å². The Kier molecular flexibility index (Phi) is 3.46. The van der Waals surface area contributed by atoms with E-state index in [1.54, 1.807) is 6.07 Å². The van der Waals surface area contributed by atoms with Gasteiger partial charge in [-0.25, -0.2) is 4.39 Å². The number of halogens is 1. The van der Waals surface area contributed by atoms with Crippen molar-refractivity contribution < 1.29 is 14.3 Å². The molecule has 0 bridgehead atoms. The number of carbonyl (C=O) groups is 1. The van der Waals surface area contributed by atoms with E-state index < -0.39 is 5.97 Å². The molecule has 0 saturated heterocycles. The summed E-state index contributed by atoms with van der Waals surface area (Å²) in [6.07, 6.45) is 0.978. The second kappa shape index (κ2) is 5.03. The van der Waals surface area contributed by atoms with Crippen LogP contribution in [-0.4, -0.2) is 30.7 Å². The average Bonchev–Trinajstić information content (AvgIpc) is 2.48. The molecule has 1 aromatic rings. The Morgan fingerprint density at radius 1 is 1.53 bits per heavy atom. The van der Waals surface area contributed by atoms with Crippen molar-refractivity contribution in [3.8, 4) is 0 Å². The van der Waals surface area contributed by atoms with Gasteiger partial charge in [-0.3, -0.25) is 4.79 Å². The van der Waals surface area contributed by atoms with Crippen molar-refractivity contribution in [1.29, 1.82) is 0 Å². The molecule has 0 aromatic heterocycles. The van der Waals surface area contributed by atoms with Crippen molar-refractivity contribution in [2.45, 2.75) is 12.8 Å². The number of fused-ring (bicyclic) bond motifs is 1.